The number of ether oxygens (including phenoxy) is 1. The van der Waals surface area contributed by atoms with E-state index < -0.39 is 0 Å². The molecule has 1 saturated carbocycles. The number of aromatic nitrogens is 1. The molecule has 134 valence electrons. The van der Waals surface area contributed by atoms with Gasteiger partial charge in [-0.05, 0) is 44.4 Å². The van der Waals surface area contributed by atoms with Crippen LogP contribution >= 0.6 is 0 Å². The Morgan fingerprint density at radius 1 is 1.36 bits per heavy atom. The molecule has 0 radical (unpaired) electrons. The van der Waals surface area contributed by atoms with Crippen molar-refractivity contribution in [2.24, 2.45) is 5.41 Å². The van der Waals surface area contributed by atoms with E-state index in [1.807, 2.05) is 7.11 Å². The van der Waals surface area contributed by atoms with Crippen LogP contribution in [0.25, 0.3) is 10.9 Å². The number of methoxy groups -OCH3 is 1. The van der Waals surface area contributed by atoms with Crippen molar-refractivity contribution < 1.29 is 9.13 Å². The maximum Gasteiger partial charge on any atom is 0.189 e. The number of piperidine rings is 1. The normalized spacial score (nSPS) is 27.4. The zero-order valence-electron chi connectivity index (χ0n) is 14.7. The monoisotopic (exact) mass is 344 g/mol. The van der Waals surface area contributed by atoms with E-state index in [0.717, 1.165) is 31.6 Å². The summed E-state index contributed by atoms with van der Waals surface area (Å²) in [5.41, 5.74) is 1.22. The summed E-state index contributed by atoms with van der Waals surface area (Å²) < 4.78 is 19.8. The van der Waals surface area contributed by atoms with Crippen molar-refractivity contribution in [1.29, 1.82) is 0 Å². The Hall–Kier alpha value is -1.72. The summed E-state index contributed by atoms with van der Waals surface area (Å²) in [6, 6.07) is 6.25. The molecule has 0 unspecified atom stereocenters. The lowest BCUT2D eigenvalue weighted by Gasteiger charge is -2.43. The number of likely N-dealkylation sites (tertiary alicyclic amines) is 1. The summed E-state index contributed by atoms with van der Waals surface area (Å²) in [6.45, 7) is 2.65. The first-order chi connectivity index (χ1) is 12.1. The molecular formula is C20H25FN2O2. The third-order valence-electron chi connectivity index (χ3n) is 6.06. The van der Waals surface area contributed by atoms with Gasteiger partial charge in [0.2, 0.25) is 0 Å². The van der Waals surface area contributed by atoms with Gasteiger partial charge < -0.3 is 9.72 Å². The highest BCUT2D eigenvalue weighted by atomic mass is 19.1. The standard InChI is InChI=1S/C20H25FN2O2/c1-25-18-7-3-8-20(18)9-4-10-23(13-20)12-14-11-17(24)15-5-2-6-16(21)19(15)22-14/h2,5-6,11,18H,3-4,7-10,12-13H2,1H3,(H,22,24)/t18-,20-/m1/s1. The van der Waals surface area contributed by atoms with Gasteiger partial charge in [-0.15, -0.1) is 0 Å². The van der Waals surface area contributed by atoms with E-state index in [0.29, 0.717) is 23.6 Å². The number of hydrogen-bond acceptors (Lipinski definition) is 3. The Morgan fingerprint density at radius 3 is 3.04 bits per heavy atom. The second-order valence-corrected chi connectivity index (χ2v) is 7.61. The number of hydrogen-bond donors (Lipinski definition) is 1. The van der Waals surface area contributed by atoms with Gasteiger partial charge in [0.1, 0.15) is 5.82 Å². The van der Waals surface area contributed by atoms with Crippen LogP contribution in [0.15, 0.2) is 29.1 Å². The van der Waals surface area contributed by atoms with E-state index in [2.05, 4.69) is 9.88 Å². The summed E-state index contributed by atoms with van der Waals surface area (Å²) in [5.74, 6) is -0.373. The lowest BCUT2D eigenvalue weighted by atomic mass is 9.76. The van der Waals surface area contributed by atoms with E-state index in [1.54, 1.807) is 18.2 Å². The van der Waals surface area contributed by atoms with Crippen molar-refractivity contribution >= 4 is 10.9 Å². The Bertz CT molecular complexity index is 834. The fourth-order valence-corrected chi connectivity index (χ4v) is 4.95. The van der Waals surface area contributed by atoms with Crippen molar-refractivity contribution in [3.8, 4) is 0 Å². The number of nitrogens with one attached hydrogen (secondary N) is 1. The lowest BCUT2D eigenvalue weighted by molar-refractivity contribution is -0.0368. The summed E-state index contributed by atoms with van der Waals surface area (Å²) in [5, 5.41) is 0.411. The fourth-order valence-electron chi connectivity index (χ4n) is 4.95. The van der Waals surface area contributed by atoms with E-state index in [9.17, 15) is 9.18 Å². The molecule has 0 amide bonds. The van der Waals surface area contributed by atoms with E-state index in [4.69, 9.17) is 4.74 Å². The molecule has 2 atom stereocenters. The van der Waals surface area contributed by atoms with Gasteiger partial charge in [0, 0.05) is 42.8 Å². The van der Waals surface area contributed by atoms with Crippen LogP contribution in [0.4, 0.5) is 4.39 Å². The number of nitrogens with zero attached hydrogens (tertiary/aromatic N) is 1. The molecule has 25 heavy (non-hydrogen) atoms. The predicted molar refractivity (Wildman–Crippen MR) is 96.1 cm³/mol. The third kappa shape index (κ3) is 3.00. The van der Waals surface area contributed by atoms with Crippen molar-refractivity contribution in [3.63, 3.8) is 0 Å². The number of pyridine rings is 1. The van der Waals surface area contributed by atoms with Gasteiger partial charge >= 0.3 is 0 Å². The minimum absolute atomic E-state index is 0.120. The molecule has 4 nitrogen and oxygen atoms in total. The number of halogens is 1. The van der Waals surface area contributed by atoms with Crippen molar-refractivity contribution in [1.82, 2.24) is 9.88 Å². The first kappa shape index (κ1) is 16.7. The van der Waals surface area contributed by atoms with Crippen LogP contribution in [0.5, 0.6) is 0 Å². The van der Waals surface area contributed by atoms with Crippen molar-refractivity contribution in [3.05, 3.63) is 46.0 Å². The Morgan fingerprint density at radius 2 is 2.20 bits per heavy atom. The molecule has 1 aromatic heterocycles. The van der Waals surface area contributed by atoms with Gasteiger partial charge in [0.05, 0.1) is 11.6 Å². The molecule has 5 heteroatoms. The van der Waals surface area contributed by atoms with Crippen molar-refractivity contribution in [2.75, 3.05) is 20.2 Å². The van der Waals surface area contributed by atoms with Gasteiger partial charge in [0.25, 0.3) is 0 Å². The minimum atomic E-state index is -0.373. The van der Waals surface area contributed by atoms with Gasteiger partial charge in [-0.3, -0.25) is 9.69 Å². The van der Waals surface area contributed by atoms with Gasteiger partial charge in [0.15, 0.2) is 5.43 Å². The molecule has 0 bridgehead atoms. The molecule has 2 aromatic rings. The van der Waals surface area contributed by atoms with E-state index in [-0.39, 0.29) is 16.7 Å². The summed E-state index contributed by atoms with van der Waals surface area (Å²) in [4.78, 5) is 17.8. The van der Waals surface area contributed by atoms with Crippen molar-refractivity contribution in [2.45, 2.75) is 44.8 Å². The average molecular weight is 344 g/mol. The Kier molecular flexibility index (Phi) is 4.38. The second kappa shape index (κ2) is 6.54. The number of fused-ring (bicyclic) bond motifs is 1. The lowest BCUT2D eigenvalue weighted by Crippen LogP contribution is -2.47. The maximum absolute atomic E-state index is 14.1. The third-order valence-corrected chi connectivity index (χ3v) is 6.06. The Balaban J connectivity index is 1.59. The first-order valence-corrected chi connectivity index (χ1v) is 9.17. The number of benzene rings is 1. The van der Waals surface area contributed by atoms with Gasteiger partial charge in [-0.25, -0.2) is 4.39 Å². The van der Waals surface area contributed by atoms with Crippen LogP contribution in [-0.4, -0.2) is 36.2 Å². The molecule has 1 N–H and O–H groups in total. The first-order valence-electron chi connectivity index (χ1n) is 9.17. The smallest absolute Gasteiger partial charge is 0.189 e. The quantitative estimate of drug-likeness (QED) is 0.928. The van der Waals surface area contributed by atoms with E-state index in [1.165, 1.54) is 25.3 Å². The summed E-state index contributed by atoms with van der Waals surface area (Å²) in [6.07, 6.45) is 6.28. The maximum atomic E-state index is 14.1. The van der Waals surface area contributed by atoms with Crippen LogP contribution in [0.2, 0.25) is 0 Å². The summed E-state index contributed by atoms with van der Waals surface area (Å²) in [7, 11) is 1.82. The molecule has 2 heterocycles. The van der Waals surface area contributed by atoms with Crippen LogP contribution in [0.3, 0.4) is 0 Å². The highest BCUT2D eigenvalue weighted by molar-refractivity contribution is 5.78. The Labute approximate surface area is 147 Å². The zero-order valence-corrected chi connectivity index (χ0v) is 14.7. The van der Waals surface area contributed by atoms with Crippen LogP contribution in [0, 0.1) is 11.2 Å². The number of para-hydroxylation sites is 1. The topological polar surface area (TPSA) is 45.3 Å². The molecule has 2 fully saturated rings. The van der Waals surface area contributed by atoms with Gasteiger partial charge in [-0.2, -0.15) is 0 Å². The number of aromatic amines is 1. The summed E-state index contributed by atoms with van der Waals surface area (Å²) >= 11 is 0. The highest BCUT2D eigenvalue weighted by Gasteiger charge is 2.45. The number of rotatable bonds is 3. The molecule has 1 spiro atoms. The molecule has 1 aliphatic heterocycles. The highest BCUT2D eigenvalue weighted by Crippen LogP contribution is 2.46. The minimum Gasteiger partial charge on any atom is -0.381 e. The SMILES string of the molecule is CO[C@@H]1CCC[C@]12CCCN(Cc1cc(=O)c3cccc(F)c3[nH]1)C2. The molecule has 2 aliphatic rings. The molecular weight excluding hydrogens is 319 g/mol. The predicted octanol–water partition coefficient (Wildman–Crippen LogP) is 3.45. The van der Waals surface area contributed by atoms with Crippen LogP contribution in [-0.2, 0) is 11.3 Å². The molecule has 4 rings (SSSR count). The van der Waals surface area contributed by atoms with Crippen LogP contribution in [0.1, 0.15) is 37.8 Å². The molecule has 1 aliphatic carbocycles. The zero-order chi connectivity index (χ0) is 17.4. The molecule has 1 aromatic carbocycles. The molecule has 1 saturated heterocycles. The fraction of sp³-hybridized carbons (Fsp3) is 0.550. The second-order valence-electron chi connectivity index (χ2n) is 7.61. The number of H-pyrrole nitrogens is 1. The largest absolute Gasteiger partial charge is 0.381 e. The van der Waals surface area contributed by atoms with Gasteiger partial charge in [-0.1, -0.05) is 12.5 Å². The van der Waals surface area contributed by atoms with E-state index >= 15 is 0 Å². The average Bonchev–Trinajstić information content (AvgIpc) is 2.98. The van der Waals surface area contributed by atoms with Crippen LogP contribution < -0.4 is 5.43 Å².